The Kier molecular flexibility index (Phi) is 5.44. The van der Waals surface area contributed by atoms with Crippen molar-refractivity contribution in [3.63, 3.8) is 0 Å². The average Bonchev–Trinajstić information content (AvgIpc) is 2.23. The van der Waals surface area contributed by atoms with E-state index >= 15 is 0 Å². The summed E-state index contributed by atoms with van der Waals surface area (Å²) in [6.07, 6.45) is 0.118. The first-order valence-corrected chi connectivity index (χ1v) is 6.07. The molecule has 16 heavy (non-hydrogen) atoms. The normalized spacial score (nSPS) is 20.6. The van der Waals surface area contributed by atoms with Crippen molar-refractivity contribution in [3.05, 3.63) is 0 Å². The first kappa shape index (κ1) is 15.9. The van der Waals surface area contributed by atoms with Crippen molar-refractivity contribution in [3.8, 4) is 0 Å². The third-order valence-electron chi connectivity index (χ3n) is 4.28. The lowest BCUT2D eigenvalue weighted by Gasteiger charge is -2.48. The number of hydrogen-bond donors (Lipinski definition) is 1. The molecule has 3 unspecified atom stereocenters. The SMILES string of the molecule is COC(C)C(C)(CN)N(C)C(C)C(C)(C)C. The second-order valence-corrected chi connectivity index (χ2v) is 6.09. The van der Waals surface area contributed by atoms with E-state index in [2.05, 4.69) is 53.5 Å². The van der Waals surface area contributed by atoms with Gasteiger partial charge in [0.1, 0.15) is 0 Å². The summed E-state index contributed by atoms with van der Waals surface area (Å²) in [5, 5.41) is 0. The van der Waals surface area contributed by atoms with E-state index in [4.69, 9.17) is 10.5 Å². The van der Waals surface area contributed by atoms with Crippen molar-refractivity contribution in [1.82, 2.24) is 4.90 Å². The van der Waals surface area contributed by atoms with Crippen LogP contribution in [0.4, 0.5) is 0 Å². The molecule has 98 valence electrons. The molecular formula is C13H30N2O. The highest BCUT2D eigenvalue weighted by Gasteiger charge is 2.39. The fourth-order valence-electron chi connectivity index (χ4n) is 1.87. The molecule has 3 nitrogen and oxygen atoms in total. The molecule has 0 aromatic rings. The largest absolute Gasteiger partial charge is 0.380 e. The second-order valence-electron chi connectivity index (χ2n) is 6.09. The molecule has 0 heterocycles. The van der Waals surface area contributed by atoms with Gasteiger partial charge in [-0.2, -0.15) is 0 Å². The van der Waals surface area contributed by atoms with Gasteiger partial charge >= 0.3 is 0 Å². The highest BCUT2D eigenvalue weighted by molar-refractivity contribution is 4.95. The standard InChI is InChI=1S/C13H30N2O/c1-10(12(3,4)5)15(7)13(6,9-14)11(2)16-8/h10-11H,9,14H2,1-8H3. The van der Waals surface area contributed by atoms with Gasteiger partial charge in [0.25, 0.3) is 0 Å². The molecule has 0 aliphatic rings. The van der Waals surface area contributed by atoms with E-state index in [1.807, 2.05) is 0 Å². The molecule has 0 amide bonds. The smallest absolute Gasteiger partial charge is 0.0736 e. The number of rotatable bonds is 5. The minimum Gasteiger partial charge on any atom is -0.380 e. The Morgan fingerprint density at radius 3 is 1.88 bits per heavy atom. The summed E-state index contributed by atoms with van der Waals surface area (Å²) >= 11 is 0. The van der Waals surface area contributed by atoms with E-state index in [9.17, 15) is 0 Å². The quantitative estimate of drug-likeness (QED) is 0.786. The van der Waals surface area contributed by atoms with Crippen molar-refractivity contribution in [2.75, 3.05) is 20.7 Å². The Morgan fingerprint density at radius 2 is 1.62 bits per heavy atom. The molecular weight excluding hydrogens is 200 g/mol. The van der Waals surface area contributed by atoms with Crippen molar-refractivity contribution in [2.24, 2.45) is 11.1 Å². The minimum atomic E-state index is -0.124. The van der Waals surface area contributed by atoms with Crippen LogP contribution in [-0.4, -0.2) is 43.3 Å². The lowest BCUT2D eigenvalue weighted by molar-refractivity contribution is -0.0536. The lowest BCUT2D eigenvalue weighted by atomic mass is 9.83. The zero-order valence-electron chi connectivity index (χ0n) is 12.3. The van der Waals surface area contributed by atoms with Gasteiger partial charge in [0.15, 0.2) is 0 Å². The van der Waals surface area contributed by atoms with Gasteiger partial charge < -0.3 is 10.5 Å². The highest BCUT2D eigenvalue weighted by atomic mass is 16.5. The van der Waals surface area contributed by atoms with Gasteiger partial charge in [-0.3, -0.25) is 4.90 Å². The maximum absolute atomic E-state index is 5.94. The fourth-order valence-corrected chi connectivity index (χ4v) is 1.87. The zero-order chi connectivity index (χ0) is 13.1. The van der Waals surface area contributed by atoms with Crippen LogP contribution in [0.3, 0.4) is 0 Å². The summed E-state index contributed by atoms with van der Waals surface area (Å²) in [5.74, 6) is 0. The molecule has 3 heteroatoms. The number of ether oxygens (including phenoxy) is 1. The molecule has 3 atom stereocenters. The van der Waals surface area contributed by atoms with E-state index in [0.717, 1.165) is 0 Å². The highest BCUT2D eigenvalue weighted by Crippen LogP contribution is 2.30. The van der Waals surface area contributed by atoms with Crippen molar-refractivity contribution < 1.29 is 4.74 Å². The van der Waals surface area contributed by atoms with Crippen molar-refractivity contribution in [2.45, 2.75) is 59.2 Å². The molecule has 0 aliphatic heterocycles. The number of hydrogen-bond acceptors (Lipinski definition) is 3. The van der Waals surface area contributed by atoms with Gasteiger partial charge in [-0.05, 0) is 33.2 Å². The average molecular weight is 230 g/mol. The molecule has 0 aromatic heterocycles. The molecule has 0 rings (SSSR count). The van der Waals surface area contributed by atoms with Crippen LogP contribution in [0, 0.1) is 5.41 Å². The third-order valence-corrected chi connectivity index (χ3v) is 4.28. The molecule has 0 saturated carbocycles. The van der Waals surface area contributed by atoms with E-state index in [-0.39, 0.29) is 17.1 Å². The first-order chi connectivity index (χ1) is 7.11. The summed E-state index contributed by atoms with van der Waals surface area (Å²) in [7, 11) is 3.88. The van der Waals surface area contributed by atoms with Crippen LogP contribution in [0.15, 0.2) is 0 Å². The number of methoxy groups -OCH3 is 1. The Hall–Kier alpha value is -0.120. The molecule has 0 radical (unpaired) electrons. The molecule has 0 fully saturated rings. The minimum absolute atomic E-state index is 0.118. The summed E-state index contributed by atoms with van der Waals surface area (Å²) in [4.78, 5) is 2.35. The summed E-state index contributed by atoms with van der Waals surface area (Å²) < 4.78 is 5.47. The topological polar surface area (TPSA) is 38.5 Å². The Labute approximate surface area is 101 Å². The van der Waals surface area contributed by atoms with Crippen LogP contribution >= 0.6 is 0 Å². The molecule has 2 N–H and O–H groups in total. The van der Waals surface area contributed by atoms with Gasteiger partial charge in [0.2, 0.25) is 0 Å². The van der Waals surface area contributed by atoms with Crippen LogP contribution in [0.1, 0.15) is 41.5 Å². The van der Waals surface area contributed by atoms with Gasteiger partial charge in [-0.1, -0.05) is 20.8 Å². The zero-order valence-corrected chi connectivity index (χ0v) is 12.3. The van der Waals surface area contributed by atoms with E-state index < -0.39 is 0 Å². The Morgan fingerprint density at radius 1 is 1.19 bits per heavy atom. The van der Waals surface area contributed by atoms with Crippen LogP contribution in [-0.2, 0) is 4.74 Å². The second kappa shape index (κ2) is 5.48. The number of nitrogens with two attached hydrogens (primary N) is 1. The lowest BCUT2D eigenvalue weighted by Crippen LogP contribution is -2.62. The predicted molar refractivity (Wildman–Crippen MR) is 70.6 cm³/mol. The van der Waals surface area contributed by atoms with E-state index in [1.165, 1.54) is 0 Å². The van der Waals surface area contributed by atoms with Gasteiger partial charge in [-0.25, -0.2) is 0 Å². The maximum atomic E-state index is 5.94. The van der Waals surface area contributed by atoms with Crippen LogP contribution in [0.25, 0.3) is 0 Å². The van der Waals surface area contributed by atoms with Gasteiger partial charge in [-0.15, -0.1) is 0 Å². The van der Waals surface area contributed by atoms with Crippen molar-refractivity contribution >= 4 is 0 Å². The van der Waals surface area contributed by atoms with Crippen LogP contribution in [0.5, 0.6) is 0 Å². The Bertz CT molecular complexity index is 212. The summed E-state index contributed by atoms with van der Waals surface area (Å²) in [6.45, 7) is 13.9. The molecule has 0 bridgehead atoms. The molecule has 0 aliphatic carbocycles. The van der Waals surface area contributed by atoms with Gasteiger partial charge in [0.05, 0.1) is 11.6 Å². The molecule has 0 saturated heterocycles. The van der Waals surface area contributed by atoms with Crippen LogP contribution in [0.2, 0.25) is 0 Å². The summed E-state index contributed by atoms with van der Waals surface area (Å²) in [5.41, 5.74) is 6.06. The molecule has 0 spiro atoms. The first-order valence-electron chi connectivity index (χ1n) is 6.07. The van der Waals surface area contributed by atoms with Crippen LogP contribution < -0.4 is 5.73 Å². The number of likely N-dealkylation sites (N-methyl/N-ethyl adjacent to an activating group) is 1. The monoisotopic (exact) mass is 230 g/mol. The summed E-state index contributed by atoms with van der Waals surface area (Å²) in [6, 6.07) is 0.443. The number of nitrogens with zero attached hydrogens (tertiary/aromatic N) is 1. The van der Waals surface area contributed by atoms with Crippen molar-refractivity contribution in [1.29, 1.82) is 0 Å². The Balaban J connectivity index is 4.97. The fraction of sp³-hybridized carbons (Fsp3) is 1.00. The van der Waals surface area contributed by atoms with Gasteiger partial charge in [0, 0.05) is 19.7 Å². The van der Waals surface area contributed by atoms with E-state index in [1.54, 1.807) is 7.11 Å². The molecule has 0 aromatic carbocycles. The predicted octanol–water partition coefficient (Wildman–Crippen LogP) is 2.11. The van der Waals surface area contributed by atoms with E-state index in [0.29, 0.717) is 12.6 Å². The third kappa shape index (κ3) is 3.19. The maximum Gasteiger partial charge on any atom is 0.0736 e.